The standard InChI is InChI=1S/C23H29N3O5S/c1-5-31-23(29)20-17(15-8-10-16(30-4)11-9-15)14-32-21(20)24-19(27)13-26-12-6-7-18(26)22(28)25(2)3/h8-11,14,18H,5-7,12-13H2,1-4H3,(H,24,27)/t18-/m1/s1. The smallest absolute Gasteiger partial charge is 0.341 e. The first-order valence-corrected chi connectivity index (χ1v) is 11.4. The Bertz CT molecular complexity index is 971. The van der Waals surface area contributed by atoms with Crippen LogP contribution in [0.25, 0.3) is 11.1 Å². The van der Waals surface area contributed by atoms with Gasteiger partial charge in [0.05, 0.1) is 26.3 Å². The summed E-state index contributed by atoms with van der Waals surface area (Å²) in [5, 5.41) is 5.14. The highest BCUT2D eigenvalue weighted by Gasteiger charge is 2.33. The number of amides is 2. The van der Waals surface area contributed by atoms with E-state index in [4.69, 9.17) is 9.47 Å². The molecular formula is C23H29N3O5S. The fourth-order valence-corrected chi connectivity index (χ4v) is 4.76. The first kappa shape index (κ1) is 23.7. The fraction of sp³-hybridized carbons (Fsp3) is 0.435. The van der Waals surface area contributed by atoms with Gasteiger partial charge in [-0.25, -0.2) is 4.79 Å². The SMILES string of the molecule is CCOC(=O)c1c(-c2ccc(OC)cc2)csc1NC(=O)CN1CCC[C@@H]1C(=O)N(C)C. The van der Waals surface area contributed by atoms with Crippen molar-refractivity contribution >= 4 is 34.1 Å². The van der Waals surface area contributed by atoms with E-state index in [0.29, 0.717) is 28.4 Å². The van der Waals surface area contributed by atoms with Gasteiger partial charge in [-0.3, -0.25) is 14.5 Å². The molecule has 2 heterocycles. The molecule has 1 aliphatic rings. The van der Waals surface area contributed by atoms with E-state index in [9.17, 15) is 14.4 Å². The minimum absolute atomic E-state index is 0.000396. The predicted molar refractivity (Wildman–Crippen MR) is 124 cm³/mol. The zero-order valence-corrected chi connectivity index (χ0v) is 19.7. The highest BCUT2D eigenvalue weighted by Crippen LogP contribution is 2.37. The average Bonchev–Trinajstić information content (AvgIpc) is 3.40. The number of thiophene rings is 1. The molecule has 1 aromatic carbocycles. The largest absolute Gasteiger partial charge is 0.497 e. The number of anilines is 1. The molecule has 3 rings (SSSR count). The molecule has 0 unspecified atom stereocenters. The van der Waals surface area contributed by atoms with Gasteiger partial charge in [0, 0.05) is 25.0 Å². The van der Waals surface area contributed by atoms with Crippen molar-refractivity contribution in [1.29, 1.82) is 0 Å². The van der Waals surface area contributed by atoms with Crippen molar-refractivity contribution in [2.24, 2.45) is 0 Å². The number of ether oxygens (including phenoxy) is 2. The Morgan fingerprint density at radius 3 is 2.56 bits per heavy atom. The highest BCUT2D eigenvalue weighted by molar-refractivity contribution is 7.15. The molecular weight excluding hydrogens is 430 g/mol. The molecule has 2 aromatic rings. The number of nitrogens with zero attached hydrogens (tertiary/aromatic N) is 2. The maximum atomic E-state index is 12.8. The molecule has 0 spiro atoms. The lowest BCUT2D eigenvalue weighted by Gasteiger charge is -2.25. The third-order valence-corrected chi connectivity index (χ3v) is 6.26. The number of nitrogens with one attached hydrogen (secondary N) is 1. The molecule has 0 radical (unpaired) electrons. The van der Waals surface area contributed by atoms with Crippen molar-refractivity contribution in [3.63, 3.8) is 0 Å². The van der Waals surface area contributed by atoms with Gasteiger partial charge in [0.1, 0.15) is 16.3 Å². The number of hydrogen-bond donors (Lipinski definition) is 1. The van der Waals surface area contributed by atoms with Crippen LogP contribution in [0.3, 0.4) is 0 Å². The van der Waals surface area contributed by atoms with Crippen molar-refractivity contribution in [2.45, 2.75) is 25.8 Å². The third kappa shape index (κ3) is 5.28. The van der Waals surface area contributed by atoms with Gasteiger partial charge >= 0.3 is 5.97 Å². The second kappa shape index (κ2) is 10.6. The number of likely N-dealkylation sites (N-methyl/N-ethyl adjacent to an activating group) is 1. The summed E-state index contributed by atoms with van der Waals surface area (Å²) in [4.78, 5) is 41.4. The van der Waals surface area contributed by atoms with Crippen LogP contribution in [0.1, 0.15) is 30.1 Å². The number of likely N-dealkylation sites (tertiary alicyclic amines) is 1. The van der Waals surface area contributed by atoms with Crippen LogP contribution in [0, 0.1) is 0 Å². The van der Waals surface area contributed by atoms with Crippen LogP contribution in [0.15, 0.2) is 29.6 Å². The van der Waals surface area contributed by atoms with E-state index in [2.05, 4.69) is 5.32 Å². The van der Waals surface area contributed by atoms with Gasteiger partial charge in [-0.2, -0.15) is 0 Å². The highest BCUT2D eigenvalue weighted by atomic mass is 32.1. The summed E-state index contributed by atoms with van der Waals surface area (Å²) in [5.41, 5.74) is 1.84. The lowest BCUT2D eigenvalue weighted by Crippen LogP contribution is -2.45. The van der Waals surface area contributed by atoms with Crippen LogP contribution in [0.2, 0.25) is 0 Å². The van der Waals surface area contributed by atoms with E-state index in [1.54, 1.807) is 33.0 Å². The summed E-state index contributed by atoms with van der Waals surface area (Å²) < 4.78 is 10.5. The van der Waals surface area contributed by atoms with E-state index < -0.39 is 5.97 Å². The van der Waals surface area contributed by atoms with E-state index in [1.807, 2.05) is 34.5 Å². The lowest BCUT2D eigenvalue weighted by molar-refractivity contribution is -0.133. The monoisotopic (exact) mass is 459 g/mol. The molecule has 1 aromatic heterocycles. The van der Waals surface area contributed by atoms with Crippen molar-refractivity contribution in [1.82, 2.24) is 9.80 Å². The van der Waals surface area contributed by atoms with Gasteiger partial charge in [-0.15, -0.1) is 11.3 Å². The van der Waals surface area contributed by atoms with Gasteiger partial charge in [-0.05, 0) is 44.0 Å². The molecule has 1 fully saturated rings. The maximum absolute atomic E-state index is 12.8. The van der Waals surface area contributed by atoms with Crippen molar-refractivity contribution in [3.05, 3.63) is 35.2 Å². The molecule has 0 bridgehead atoms. The van der Waals surface area contributed by atoms with Crippen LogP contribution < -0.4 is 10.1 Å². The number of benzene rings is 1. The number of esters is 1. The Balaban J connectivity index is 1.81. The number of rotatable bonds is 8. The second-order valence-corrected chi connectivity index (χ2v) is 8.59. The fourth-order valence-electron chi connectivity index (χ4n) is 3.78. The lowest BCUT2D eigenvalue weighted by atomic mass is 10.0. The Hall–Kier alpha value is -2.91. The topological polar surface area (TPSA) is 88.2 Å². The molecule has 0 saturated carbocycles. The summed E-state index contributed by atoms with van der Waals surface area (Å²) in [5.74, 6) is -0.0445. The van der Waals surface area contributed by atoms with Gasteiger partial charge in [0.2, 0.25) is 11.8 Å². The molecule has 9 heteroatoms. The Morgan fingerprint density at radius 1 is 1.22 bits per heavy atom. The number of hydrogen-bond acceptors (Lipinski definition) is 7. The number of methoxy groups -OCH3 is 1. The Morgan fingerprint density at radius 2 is 1.94 bits per heavy atom. The second-order valence-electron chi connectivity index (χ2n) is 7.71. The Labute approximate surface area is 192 Å². The normalized spacial score (nSPS) is 15.9. The summed E-state index contributed by atoms with van der Waals surface area (Å²) in [6, 6.07) is 7.05. The van der Waals surface area contributed by atoms with Crippen LogP contribution in [-0.2, 0) is 14.3 Å². The summed E-state index contributed by atoms with van der Waals surface area (Å²) in [6.07, 6.45) is 1.60. The molecule has 172 valence electrons. The van der Waals surface area contributed by atoms with E-state index in [0.717, 1.165) is 18.4 Å². The maximum Gasteiger partial charge on any atom is 0.341 e. The Kier molecular flexibility index (Phi) is 7.87. The molecule has 1 saturated heterocycles. The van der Waals surface area contributed by atoms with E-state index in [-0.39, 0.29) is 31.0 Å². The first-order valence-electron chi connectivity index (χ1n) is 10.5. The molecule has 32 heavy (non-hydrogen) atoms. The zero-order valence-electron chi connectivity index (χ0n) is 18.8. The van der Waals surface area contributed by atoms with Crippen molar-refractivity contribution in [3.8, 4) is 16.9 Å². The van der Waals surface area contributed by atoms with Gasteiger partial charge in [-0.1, -0.05) is 12.1 Å². The van der Waals surface area contributed by atoms with Gasteiger partial charge in [0.25, 0.3) is 0 Å². The first-order chi connectivity index (χ1) is 15.3. The molecule has 8 nitrogen and oxygen atoms in total. The van der Waals surface area contributed by atoms with E-state index >= 15 is 0 Å². The van der Waals surface area contributed by atoms with Crippen LogP contribution in [0.4, 0.5) is 5.00 Å². The zero-order chi connectivity index (χ0) is 23.3. The molecule has 1 N–H and O–H groups in total. The summed E-state index contributed by atoms with van der Waals surface area (Å²) in [6.45, 7) is 2.74. The quantitative estimate of drug-likeness (QED) is 0.611. The number of carbonyl (C=O) groups is 3. The van der Waals surface area contributed by atoms with Crippen LogP contribution >= 0.6 is 11.3 Å². The summed E-state index contributed by atoms with van der Waals surface area (Å²) in [7, 11) is 5.03. The van der Waals surface area contributed by atoms with Crippen molar-refractivity contribution in [2.75, 3.05) is 46.2 Å². The predicted octanol–water partition coefficient (Wildman–Crippen LogP) is 3.09. The minimum atomic E-state index is -0.489. The van der Waals surface area contributed by atoms with Crippen LogP contribution in [0.5, 0.6) is 5.75 Å². The molecule has 0 aliphatic carbocycles. The molecule has 1 atom stereocenters. The molecule has 2 amide bonds. The summed E-state index contributed by atoms with van der Waals surface area (Å²) >= 11 is 1.28. The van der Waals surface area contributed by atoms with Gasteiger partial charge in [0.15, 0.2) is 0 Å². The average molecular weight is 460 g/mol. The van der Waals surface area contributed by atoms with Crippen LogP contribution in [-0.4, -0.2) is 74.5 Å². The van der Waals surface area contributed by atoms with Crippen molar-refractivity contribution < 1.29 is 23.9 Å². The third-order valence-electron chi connectivity index (χ3n) is 5.36. The minimum Gasteiger partial charge on any atom is -0.497 e. The number of carbonyl (C=O) groups excluding carboxylic acids is 3. The van der Waals surface area contributed by atoms with E-state index in [1.165, 1.54) is 11.3 Å². The van der Waals surface area contributed by atoms with Gasteiger partial charge < -0.3 is 19.7 Å². The molecule has 1 aliphatic heterocycles.